The second-order valence-electron chi connectivity index (χ2n) is 4.41. The number of alkyl carbamates (subject to hydrolysis) is 1. The number of ether oxygens (including phenoxy) is 2. The van der Waals surface area contributed by atoms with Crippen molar-refractivity contribution < 1.29 is 19.1 Å². The molecule has 0 saturated carbocycles. The summed E-state index contributed by atoms with van der Waals surface area (Å²) in [5.41, 5.74) is 4.91. The second kappa shape index (κ2) is 6.90. The molecule has 98 valence electrons. The number of carbonyl (C=O) groups excluding carboxylic acids is 2. The van der Waals surface area contributed by atoms with E-state index in [0.717, 1.165) is 0 Å². The normalized spacial score (nSPS) is 12.5. The fourth-order valence-electron chi connectivity index (χ4n) is 0.839. The van der Waals surface area contributed by atoms with E-state index in [0.29, 0.717) is 0 Å². The molecule has 0 rings (SSSR count). The Kier molecular flexibility index (Phi) is 6.27. The zero-order chi connectivity index (χ0) is 13.5. The van der Waals surface area contributed by atoms with Gasteiger partial charge in [0.15, 0.2) is 0 Å². The van der Waals surface area contributed by atoms with Crippen LogP contribution in [0.5, 0.6) is 0 Å². The highest BCUT2D eigenvalue weighted by Gasteiger charge is 2.19. The molecule has 0 aliphatic rings. The summed E-state index contributed by atoms with van der Waals surface area (Å²) >= 11 is 0. The number of nitrogens with one attached hydrogen (secondary N) is 1. The van der Waals surface area contributed by atoms with Crippen LogP contribution in [0.15, 0.2) is 12.7 Å². The summed E-state index contributed by atoms with van der Waals surface area (Å²) in [6, 6.07) is -0.914. The Labute approximate surface area is 101 Å². The number of nitrogens with two attached hydrogens (primary N) is 1. The Morgan fingerprint density at radius 2 is 2.06 bits per heavy atom. The van der Waals surface area contributed by atoms with Crippen molar-refractivity contribution in [1.82, 2.24) is 5.32 Å². The molecule has 0 radical (unpaired) electrons. The monoisotopic (exact) mass is 244 g/mol. The maximum absolute atomic E-state index is 11.2. The molecule has 6 nitrogen and oxygen atoms in total. The maximum Gasteiger partial charge on any atom is 0.407 e. The van der Waals surface area contributed by atoms with Crippen LogP contribution in [-0.4, -0.2) is 36.9 Å². The first kappa shape index (κ1) is 15.4. The van der Waals surface area contributed by atoms with E-state index in [1.807, 2.05) is 0 Å². The minimum Gasteiger partial charge on any atom is -0.460 e. The molecule has 0 aliphatic heterocycles. The maximum atomic E-state index is 11.2. The quantitative estimate of drug-likeness (QED) is 0.545. The van der Waals surface area contributed by atoms with Crippen molar-refractivity contribution in [3.8, 4) is 0 Å². The van der Waals surface area contributed by atoms with E-state index in [-0.39, 0.29) is 13.2 Å². The lowest BCUT2D eigenvalue weighted by atomic mass is 10.2. The Balaban J connectivity index is 3.91. The first-order valence-corrected chi connectivity index (χ1v) is 5.26. The van der Waals surface area contributed by atoms with E-state index in [4.69, 9.17) is 15.2 Å². The molecule has 1 amide bonds. The van der Waals surface area contributed by atoms with Crippen LogP contribution in [0.2, 0.25) is 0 Å². The fraction of sp³-hybridized carbons (Fsp3) is 0.636. The van der Waals surface area contributed by atoms with E-state index < -0.39 is 23.7 Å². The number of carbonyl (C=O) groups is 2. The average molecular weight is 244 g/mol. The SMILES string of the molecule is C=CCOC(=O)C(N)CNC(=O)OC(C)(C)C. The Bertz CT molecular complexity index is 284. The molecule has 6 heteroatoms. The van der Waals surface area contributed by atoms with Gasteiger partial charge < -0.3 is 20.5 Å². The van der Waals surface area contributed by atoms with Crippen molar-refractivity contribution in [3.05, 3.63) is 12.7 Å². The molecular formula is C11H20N2O4. The molecule has 0 spiro atoms. The highest BCUT2D eigenvalue weighted by atomic mass is 16.6. The number of hydrogen-bond donors (Lipinski definition) is 2. The Hall–Kier alpha value is -1.56. The first-order valence-electron chi connectivity index (χ1n) is 5.26. The van der Waals surface area contributed by atoms with Crippen LogP contribution in [0.1, 0.15) is 20.8 Å². The topological polar surface area (TPSA) is 90.6 Å². The largest absolute Gasteiger partial charge is 0.460 e. The molecule has 3 N–H and O–H groups in total. The van der Waals surface area contributed by atoms with E-state index in [1.165, 1.54) is 6.08 Å². The zero-order valence-electron chi connectivity index (χ0n) is 10.5. The molecule has 0 saturated heterocycles. The van der Waals surface area contributed by atoms with Crippen LogP contribution in [0, 0.1) is 0 Å². The van der Waals surface area contributed by atoms with Gasteiger partial charge in [0.1, 0.15) is 18.2 Å². The lowest BCUT2D eigenvalue weighted by Crippen LogP contribution is -2.44. The predicted molar refractivity (Wildman–Crippen MR) is 63.4 cm³/mol. The molecule has 0 aromatic carbocycles. The summed E-state index contributed by atoms with van der Waals surface area (Å²) in [6.45, 7) is 8.68. The van der Waals surface area contributed by atoms with Gasteiger partial charge in [-0.1, -0.05) is 12.7 Å². The number of rotatable bonds is 5. The van der Waals surface area contributed by atoms with Crippen LogP contribution >= 0.6 is 0 Å². The lowest BCUT2D eigenvalue weighted by molar-refractivity contribution is -0.143. The fourth-order valence-corrected chi connectivity index (χ4v) is 0.839. The molecule has 0 aliphatic carbocycles. The van der Waals surface area contributed by atoms with E-state index in [1.54, 1.807) is 20.8 Å². The van der Waals surface area contributed by atoms with Gasteiger partial charge in [-0.15, -0.1) is 0 Å². The van der Waals surface area contributed by atoms with Crippen molar-refractivity contribution >= 4 is 12.1 Å². The van der Waals surface area contributed by atoms with Crippen molar-refractivity contribution in [2.45, 2.75) is 32.4 Å². The summed E-state index contributed by atoms with van der Waals surface area (Å²) in [7, 11) is 0. The molecule has 0 heterocycles. The number of esters is 1. The van der Waals surface area contributed by atoms with Gasteiger partial charge in [-0.25, -0.2) is 4.79 Å². The van der Waals surface area contributed by atoms with E-state index in [2.05, 4.69) is 11.9 Å². The van der Waals surface area contributed by atoms with Crippen LogP contribution in [0.3, 0.4) is 0 Å². The molecule has 0 fully saturated rings. The van der Waals surface area contributed by atoms with Gasteiger partial charge in [0.2, 0.25) is 0 Å². The molecule has 17 heavy (non-hydrogen) atoms. The molecule has 1 unspecified atom stereocenters. The molecule has 1 atom stereocenters. The highest BCUT2D eigenvalue weighted by molar-refractivity contribution is 5.77. The number of hydrogen-bond acceptors (Lipinski definition) is 5. The van der Waals surface area contributed by atoms with Gasteiger partial charge in [0, 0.05) is 6.54 Å². The molecule has 0 aromatic rings. The summed E-state index contributed by atoms with van der Waals surface area (Å²) in [6.07, 6.45) is 0.816. The predicted octanol–water partition coefficient (Wildman–Crippen LogP) is 0.568. The summed E-state index contributed by atoms with van der Waals surface area (Å²) < 4.78 is 9.69. The van der Waals surface area contributed by atoms with E-state index >= 15 is 0 Å². The zero-order valence-corrected chi connectivity index (χ0v) is 10.5. The van der Waals surface area contributed by atoms with Gasteiger partial charge in [-0.3, -0.25) is 4.79 Å². The lowest BCUT2D eigenvalue weighted by Gasteiger charge is -2.20. The third-order valence-corrected chi connectivity index (χ3v) is 1.51. The van der Waals surface area contributed by atoms with Crippen LogP contribution in [0.4, 0.5) is 4.79 Å². The third-order valence-electron chi connectivity index (χ3n) is 1.51. The van der Waals surface area contributed by atoms with Crippen LogP contribution < -0.4 is 11.1 Å². The second-order valence-corrected chi connectivity index (χ2v) is 4.41. The van der Waals surface area contributed by atoms with Gasteiger partial charge in [-0.2, -0.15) is 0 Å². The van der Waals surface area contributed by atoms with E-state index in [9.17, 15) is 9.59 Å². The summed E-state index contributed by atoms with van der Waals surface area (Å²) in [4.78, 5) is 22.5. The average Bonchev–Trinajstić information content (AvgIpc) is 2.20. The minimum absolute atomic E-state index is 0.0368. The Morgan fingerprint density at radius 1 is 1.47 bits per heavy atom. The van der Waals surface area contributed by atoms with Crippen molar-refractivity contribution in [3.63, 3.8) is 0 Å². The Morgan fingerprint density at radius 3 is 2.53 bits per heavy atom. The molecular weight excluding hydrogens is 224 g/mol. The van der Waals surface area contributed by atoms with Crippen LogP contribution in [0.25, 0.3) is 0 Å². The third kappa shape index (κ3) is 8.27. The highest BCUT2D eigenvalue weighted by Crippen LogP contribution is 2.06. The van der Waals surface area contributed by atoms with Gasteiger partial charge in [0.05, 0.1) is 0 Å². The molecule has 0 bridgehead atoms. The smallest absolute Gasteiger partial charge is 0.407 e. The van der Waals surface area contributed by atoms with Crippen LogP contribution in [-0.2, 0) is 14.3 Å². The van der Waals surface area contributed by atoms with Crippen molar-refractivity contribution in [1.29, 1.82) is 0 Å². The summed E-state index contributed by atoms with van der Waals surface area (Å²) in [5, 5.41) is 2.38. The summed E-state index contributed by atoms with van der Waals surface area (Å²) in [5.74, 6) is -0.596. The van der Waals surface area contributed by atoms with Crippen molar-refractivity contribution in [2.75, 3.05) is 13.2 Å². The van der Waals surface area contributed by atoms with Crippen molar-refractivity contribution in [2.24, 2.45) is 5.73 Å². The minimum atomic E-state index is -0.914. The standard InChI is InChI=1S/C11H20N2O4/c1-5-6-16-9(14)8(12)7-13-10(15)17-11(2,3)4/h5,8H,1,6-7,12H2,2-4H3,(H,13,15). The van der Waals surface area contributed by atoms with Gasteiger partial charge in [-0.05, 0) is 20.8 Å². The molecule has 0 aromatic heterocycles. The number of amides is 1. The van der Waals surface area contributed by atoms with Gasteiger partial charge in [0.25, 0.3) is 0 Å². The first-order chi connectivity index (χ1) is 7.76. The van der Waals surface area contributed by atoms with Gasteiger partial charge >= 0.3 is 12.1 Å².